The topological polar surface area (TPSA) is 35.6 Å². The zero-order valence-corrected chi connectivity index (χ0v) is 8.71. The Kier molecular flexibility index (Phi) is 3.69. The Morgan fingerprint density at radius 3 is 2.38 bits per heavy atom. The lowest BCUT2D eigenvalue weighted by Gasteiger charge is -2.28. The summed E-state index contributed by atoms with van der Waals surface area (Å²) in [6, 6.07) is 0. The molecule has 1 rings (SSSR count). The Morgan fingerprint density at radius 2 is 1.92 bits per heavy atom. The van der Waals surface area contributed by atoms with Crippen LogP contribution in [0.25, 0.3) is 0 Å². The number of hydrogen-bond donors (Lipinski definition) is 1. The van der Waals surface area contributed by atoms with Crippen LogP contribution in [0.1, 0.15) is 12.8 Å². The van der Waals surface area contributed by atoms with Crippen molar-refractivity contribution in [3.63, 3.8) is 0 Å². The van der Waals surface area contributed by atoms with E-state index in [1.54, 1.807) is 5.01 Å². The lowest BCUT2D eigenvalue weighted by molar-refractivity contribution is -0.130. The highest BCUT2D eigenvalue weighted by molar-refractivity contribution is 5.78. The van der Waals surface area contributed by atoms with E-state index in [0.717, 1.165) is 25.9 Å². The van der Waals surface area contributed by atoms with Gasteiger partial charge in [0.15, 0.2) is 0 Å². The molecule has 0 aromatic heterocycles. The van der Waals surface area contributed by atoms with Gasteiger partial charge in [-0.15, -0.1) is 0 Å². The van der Waals surface area contributed by atoms with E-state index in [9.17, 15) is 4.79 Å². The number of nitrogens with zero attached hydrogens (tertiary/aromatic N) is 2. The molecule has 4 nitrogen and oxygen atoms in total. The Balaban J connectivity index is 2.31. The van der Waals surface area contributed by atoms with E-state index in [1.807, 2.05) is 14.1 Å². The van der Waals surface area contributed by atoms with Crippen LogP contribution >= 0.6 is 0 Å². The van der Waals surface area contributed by atoms with E-state index in [1.165, 1.54) is 0 Å². The van der Waals surface area contributed by atoms with Crippen LogP contribution in [0.3, 0.4) is 0 Å². The number of carbonyl (C=O) groups is 1. The zero-order valence-electron chi connectivity index (χ0n) is 8.71. The minimum Gasteiger partial charge on any atom is -0.306 e. The predicted octanol–water partition coefficient (Wildman–Crippen LogP) is -0.0790. The van der Waals surface area contributed by atoms with Crippen molar-refractivity contribution in [2.75, 3.05) is 34.2 Å². The van der Waals surface area contributed by atoms with Crippen LogP contribution < -0.4 is 5.43 Å². The van der Waals surface area contributed by atoms with E-state index < -0.39 is 0 Å². The lowest BCUT2D eigenvalue weighted by Crippen LogP contribution is -2.43. The molecule has 0 atom stereocenters. The van der Waals surface area contributed by atoms with Crippen molar-refractivity contribution in [3.8, 4) is 0 Å². The van der Waals surface area contributed by atoms with Crippen molar-refractivity contribution in [2.24, 2.45) is 5.92 Å². The summed E-state index contributed by atoms with van der Waals surface area (Å²) in [5.41, 5.74) is 2.80. The van der Waals surface area contributed by atoms with Crippen molar-refractivity contribution >= 4 is 5.91 Å². The Hall–Kier alpha value is -0.610. The first-order chi connectivity index (χ1) is 6.09. The maximum atomic E-state index is 11.5. The molecule has 1 amide bonds. The Morgan fingerprint density at radius 1 is 1.38 bits per heavy atom. The third-order valence-electron chi connectivity index (χ3n) is 2.42. The molecule has 1 saturated heterocycles. The molecule has 0 aromatic rings. The van der Waals surface area contributed by atoms with Gasteiger partial charge < -0.3 is 4.90 Å². The number of rotatable bonds is 2. The first-order valence-corrected chi connectivity index (χ1v) is 4.76. The molecule has 4 heteroatoms. The monoisotopic (exact) mass is 185 g/mol. The standard InChI is InChI=1S/C9H19N3O/c1-11(2)10-9(13)8-4-6-12(3)7-5-8/h8H,4-7H2,1-3H3,(H,10,13). The summed E-state index contributed by atoms with van der Waals surface area (Å²) in [6.07, 6.45) is 1.96. The van der Waals surface area contributed by atoms with Gasteiger partial charge in [-0.25, -0.2) is 5.01 Å². The van der Waals surface area contributed by atoms with E-state index in [0.29, 0.717) is 0 Å². The molecule has 0 radical (unpaired) electrons. The molecule has 0 bridgehead atoms. The Labute approximate surface area is 79.9 Å². The smallest absolute Gasteiger partial charge is 0.237 e. The lowest BCUT2D eigenvalue weighted by atomic mass is 9.97. The average Bonchev–Trinajstić information content (AvgIpc) is 2.04. The van der Waals surface area contributed by atoms with Gasteiger partial charge in [-0.3, -0.25) is 10.2 Å². The summed E-state index contributed by atoms with van der Waals surface area (Å²) in [5, 5.41) is 1.71. The van der Waals surface area contributed by atoms with Crippen LogP contribution in [0.5, 0.6) is 0 Å². The van der Waals surface area contributed by atoms with Crippen molar-refractivity contribution in [1.82, 2.24) is 15.3 Å². The highest BCUT2D eigenvalue weighted by Gasteiger charge is 2.23. The predicted molar refractivity (Wildman–Crippen MR) is 52.1 cm³/mol. The van der Waals surface area contributed by atoms with Crippen LogP contribution in [0.2, 0.25) is 0 Å². The van der Waals surface area contributed by atoms with E-state index in [-0.39, 0.29) is 11.8 Å². The summed E-state index contributed by atoms with van der Waals surface area (Å²) in [6.45, 7) is 2.07. The summed E-state index contributed by atoms with van der Waals surface area (Å²) in [4.78, 5) is 13.8. The number of likely N-dealkylation sites (tertiary alicyclic amines) is 1. The van der Waals surface area contributed by atoms with Gasteiger partial charge in [0.1, 0.15) is 0 Å². The SMILES string of the molecule is CN1CCC(C(=O)NN(C)C)CC1. The summed E-state index contributed by atoms with van der Waals surface area (Å²) in [7, 11) is 5.78. The van der Waals surface area contributed by atoms with E-state index in [4.69, 9.17) is 0 Å². The van der Waals surface area contributed by atoms with Gasteiger partial charge in [0, 0.05) is 20.0 Å². The first kappa shape index (κ1) is 10.5. The number of nitrogens with one attached hydrogen (secondary N) is 1. The maximum absolute atomic E-state index is 11.5. The van der Waals surface area contributed by atoms with Crippen LogP contribution in [-0.2, 0) is 4.79 Å². The molecule has 1 heterocycles. The van der Waals surface area contributed by atoms with Gasteiger partial charge in [0.05, 0.1) is 0 Å². The zero-order chi connectivity index (χ0) is 9.84. The third-order valence-corrected chi connectivity index (χ3v) is 2.42. The first-order valence-electron chi connectivity index (χ1n) is 4.76. The van der Waals surface area contributed by atoms with Crippen LogP contribution in [0.4, 0.5) is 0 Å². The summed E-state index contributed by atoms with van der Waals surface area (Å²) < 4.78 is 0. The quantitative estimate of drug-likeness (QED) is 0.611. The second-order valence-electron chi connectivity index (χ2n) is 3.95. The molecular formula is C9H19N3O. The minimum absolute atomic E-state index is 0.165. The second kappa shape index (κ2) is 4.58. The van der Waals surface area contributed by atoms with Gasteiger partial charge in [0.2, 0.25) is 5.91 Å². The average molecular weight is 185 g/mol. The van der Waals surface area contributed by atoms with Crippen molar-refractivity contribution in [2.45, 2.75) is 12.8 Å². The van der Waals surface area contributed by atoms with Gasteiger partial charge >= 0.3 is 0 Å². The van der Waals surface area contributed by atoms with Crippen molar-refractivity contribution < 1.29 is 4.79 Å². The second-order valence-corrected chi connectivity index (χ2v) is 3.95. The molecule has 0 saturated carbocycles. The molecule has 1 N–H and O–H groups in total. The van der Waals surface area contributed by atoms with Crippen LogP contribution in [-0.4, -0.2) is 50.0 Å². The number of carbonyl (C=O) groups excluding carboxylic acids is 1. The van der Waals surface area contributed by atoms with E-state index >= 15 is 0 Å². The van der Waals surface area contributed by atoms with Gasteiger partial charge in [0.25, 0.3) is 0 Å². The molecule has 1 fully saturated rings. The number of hydrazine groups is 1. The summed E-state index contributed by atoms with van der Waals surface area (Å²) >= 11 is 0. The molecular weight excluding hydrogens is 166 g/mol. The molecule has 13 heavy (non-hydrogen) atoms. The Bertz CT molecular complexity index is 174. The number of amides is 1. The summed E-state index contributed by atoms with van der Waals surface area (Å²) in [5.74, 6) is 0.372. The van der Waals surface area contributed by atoms with Gasteiger partial charge in [-0.05, 0) is 33.0 Å². The van der Waals surface area contributed by atoms with Crippen LogP contribution in [0.15, 0.2) is 0 Å². The molecule has 0 aliphatic carbocycles. The largest absolute Gasteiger partial charge is 0.306 e. The van der Waals surface area contributed by atoms with E-state index in [2.05, 4.69) is 17.4 Å². The fourth-order valence-corrected chi connectivity index (χ4v) is 1.58. The molecule has 76 valence electrons. The number of hydrogen-bond acceptors (Lipinski definition) is 3. The molecule has 0 aromatic carbocycles. The highest BCUT2D eigenvalue weighted by atomic mass is 16.2. The van der Waals surface area contributed by atoms with Crippen molar-refractivity contribution in [1.29, 1.82) is 0 Å². The third kappa shape index (κ3) is 3.32. The molecule has 1 aliphatic rings. The van der Waals surface area contributed by atoms with Gasteiger partial charge in [-0.1, -0.05) is 0 Å². The normalized spacial score (nSPS) is 20.6. The maximum Gasteiger partial charge on any atom is 0.237 e. The van der Waals surface area contributed by atoms with Crippen LogP contribution in [0, 0.1) is 5.92 Å². The fraction of sp³-hybridized carbons (Fsp3) is 0.889. The van der Waals surface area contributed by atoms with Crippen molar-refractivity contribution in [3.05, 3.63) is 0 Å². The minimum atomic E-state index is 0.165. The fourth-order valence-electron chi connectivity index (χ4n) is 1.58. The molecule has 0 unspecified atom stereocenters. The number of piperidine rings is 1. The molecule has 1 aliphatic heterocycles. The molecule has 0 spiro atoms. The van der Waals surface area contributed by atoms with Gasteiger partial charge in [-0.2, -0.15) is 0 Å². The highest BCUT2D eigenvalue weighted by Crippen LogP contribution is 2.15.